The van der Waals surface area contributed by atoms with E-state index in [9.17, 15) is 9.90 Å². The first-order chi connectivity index (χ1) is 9.98. The minimum absolute atomic E-state index is 0.0833. The number of aliphatic hydroxyl groups is 1. The number of nitriles is 1. The molecule has 0 bridgehead atoms. The highest BCUT2D eigenvalue weighted by molar-refractivity contribution is 5.81. The van der Waals surface area contributed by atoms with Crippen molar-refractivity contribution in [2.75, 3.05) is 6.61 Å². The van der Waals surface area contributed by atoms with E-state index < -0.39 is 11.6 Å². The van der Waals surface area contributed by atoms with Crippen LogP contribution in [-0.4, -0.2) is 29.3 Å². The lowest BCUT2D eigenvalue weighted by molar-refractivity contribution is -0.130. The molecule has 0 spiro atoms. The van der Waals surface area contributed by atoms with Gasteiger partial charge in [-0.1, -0.05) is 6.07 Å². The molecule has 1 aliphatic rings. The minimum Gasteiger partial charge on any atom is -0.481 e. The van der Waals surface area contributed by atoms with E-state index in [-0.39, 0.29) is 12.5 Å². The van der Waals surface area contributed by atoms with Gasteiger partial charge in [-0.3, -0.25) is 4.79 Å². The molecule has 1 aromatic rings. The predicted molar refractivity (Wildman–Crippen MR) is 77.6 cm³/mol. The van der Waals surface area contributed by atoms with Crippen LogP contribution in [0.3, 0.4) is 0 Å². The van der Waals surface area contributed by atoms with Crippen LogP contribution in [0, 0.1) is 17.2 Å². The molecule has 1 saturated carbocycles. The number of hydrogen-bond acceptors (Lipinski definition) is 4. The normalized spacial score (nSPS) is 18.2. The van der Waals surface area contributed by atoms with Crippen LogP contribution in [0.5, 0.6) is 5.75 Å². The molecular formula is C16H20N2O3. The second-order valence-corrected chi connectivity index (χ2v) is 5.74. The molecule has 5 nitrogen and oxygen atoms in total. The number of aliphatic hydroxyl groups excluding tert-OH is 1. The standard InChI is InChI=1S/C16H20N2O3/c1-11(21-14-5-3-4-12(8-14)9-17)15(20)18-16(2,10-19)13-6-7-13/h3-5,8,11,13,19H,6-7,10H2,1-2H3,(H,18,20). The van der Waals surface area contributed by atoms with Crippen LogP contribution in [0.4, 0.5) is 0 Å². The summed E-state index contributed by atoms with van der Waals surface area (Å²) in [6.45, 7) is 3.42. The second-order valence-electron chi connectivity index (χ2n) is 5.74. The maximum atomic E-state index is 12.2. The van der Waals surface area contributed by atoms with Crippen molar-refractivity contribution in [1.82, 2.24) is 5.32 Å². The molecule has 1 fully saturated rings. The average Bonchev–Trinajstić information content (AvgIpc) is 3.32. The quantitative estimate of drug-likeness (QED) is 0.833. The van der Waals surface area contributed by atoms with E-state index in [1.807, 2.05) is 13.0 Å². The molecule has 2 unspecified atom stereocenters. The van der Waals surface area contributed by atoms with Crippen molar-refractivity contribution in [2.24, 2.45) is 5.92 Å². The summed E-state index contributed by atoms with van der Waals surface area (Å²) in [5.74, 6) is 0.551. The molecule has 5 heteroatoms. The van der Waals surface area contributed by atoms with E-state index in [1.54, 1.807) is 31.2 Å². The summed E-state index contributed by atoms with van der Waals surface area (Å²) >= 11 is 0. The highest BCUT2D eigenvalue weighted by atomic mass is 16.5. The molecule has 1 aliphatic carbocycles. The van der Waals surface area contributed by atoms with Gasteiger partial charge in [0.05, 0.1) is 23.8 Å². The zero-order valence-corrected chi connectivity index (χ0v) is 12.3. The second kappa shape index (κ2) is 6.15. The lowest BCUT2D eigenvalue weighted by atomic mass is 9.96. The topological polar surface area (TPSA) is 82.3 Å². The van der Waals surface area contributed by atoms with Crippen LogP contribution in [0.15, 0.2) is 24.3 Å². The number of rotatable bonds is 6. The monoisotopic (exact) mass is 288 g/mol. The van der Waals surface area contributed by atoms with Crippen molar-refractivity contribution < 1.29 is 14.6 Å². The third kappa shape index (κ3) is 3.73. The number of ether oxygens (including phenoxy) is 1. The Morgan fingerprint density at radius 1 is 1.62 bits per heavy atom. The number of carbonyl (C=O) groups excluding carboxylic acids is 1. The van der Waals surface area contributed by atoms with Gasteiger partial charge in [0.2, 0.25) is 0 Å². The predicted octanol–water partition coefficient (Wildman–Crippen LogP) is 1.60. The molecule has 2 rings (SSSR count). The first-order valence-electron chi connectivity index (χ1n) is 7.08. The van der Waals surface area contributed by atoms with Crippen molar-refractivity contribution in [3.63, 3.8) is 0 Å². The summed E-state index contributed by atoms with van der Waals surface area (Å²) in [6, 6.07) is 8.71. The molecule has 1 aromatic carbocycles. The molecule has 2 atom stereocenters. The van der Waals surface area contributed by atoms with Crippen molar-refractivity contribution in [3.05, 3.63) is 29.8 Å². The van der Waals surface area contributed by atoms with Gasteiger partial charge in [-0.2, -0.15) is 5.26 Å². The minimum atomic E-state index is -0.691. The number of amides is 1. The summed E-state index contributed by atoms with van der Waals surface area (Å²) in [5, 5.41) is 21.2. The molecule has 0 aliphatic heterocycles. The van der Waals surface area contributed by atoms with Crippen LogP contribution in [0.2, 0.25) is 0 Å². The Bertz CT molecular complexity index is 563. The fourth-order valence-electron chi connectivity index (χ4n) is 2.27. The van der Waals surface area contributed by atoms with E-state index in [2.05, 4.69) is 5.32 Å². The maximum Gasteiger partial charge on any atom is 0.261 e. The van der Waals surface area contributed by atoms with E-state index in [0.717, 1.165) is 12.8 Å². The van der Waals surface area contributed by atoms with Crippen molar-refractivity contribution in [3.8, 4) is 11.8 Å². The summed E-state index contributed by atoms with van der Waals surface area (Å²) in [4.78, 5) is 12.2. The van der Waals surface area contributed by atoms with Crippen molar-refractivity contribution in [2.45, 2.75) is 38.3 Å². The number of benzene rings is 1. The van der Waals surface area contributed by atoms with Crippen LogP contribution in [-0.2, 0) is 4.79 Å². The number of hydrogen-bond donors (Lipinski definition) is 2. The molecule has 21 heavy (non-hydrogen) atoms. The summed E-state index contributed by atoms with van der Waals surface area (Å²) < 4.78 is 5.56. The fourth-order valence-corrected chi connectivity index (χ4v) is 2.27. The summed E-state index contributed by atoms with van der Waals surface area (Å²) in [5.41, 5.74) is -0.0956. The highest BCUT2D eigenvalue weighted by Gasteiger charge is 2.42. The van der Waals surface area contributed by atoms with Gasteiger partial charge in [-0.25, -0.2) is 0 Å². The SMILES string of the molecule is CC(Oc1cccc(C#N)c1)C(=O)NC(C)(CO)C1CC1. The van der Waals surface area contributed by atoms with Crippen LogP contribution >= 0.6 is 0 Å². The molecule has 0 heterocycles. The average molecular weight is 288 g/mol. The van der Waals surface area contributed by atoms with E-state index >= 15 is 0 Å². The number of nitrogens with zero attached hydrogens (tertiary/aromatic N) is 1. The van der Waals surface area contributed by atoms with Gasteiger partial charge in [0.15, 0.2) is 6.10 Å². The molecular weight excluding hydrogens is 268 g/mol. The van der Waals surface area contributed by atoms with Gasteiger partial charge in [-0.15, -0.1) is 0 Å². The Kier molecular flexibility index (Phi) is 4.49. The van der Waals surface area contributed by atoms with Crippen molar-refractivity contribution in [1.29, 1.82) is 5.26 Å². The summed E-state index contributed by atoms with van der Waals surface area (Å²) in [6.07, 6.45) is 1.36. The van der Waals surface area contributed by atoms with E-state index in [4.69, 9.17) is 10.00 Å². The van der Waals surface area contributed by atoms with Crippen LogP contribution in [0.25, 0.3) is 0 Å². The first-order valence-corrected chi connectivity index (χ1v) is 7.08. The van der Waals surface area contributed by atoms with Gasteiger partial charge < -0.3 is 15.2 Å². The molecule has 0 aromatic heterocycles. The number of carbonyl (C=O) groups is 1. The Morgan fingerprint density at radius 2 is 2.33 bits per heavy atom. The van der Waals surface area contributed by atoms with Gasteiger partial charge in [-0.05, 0) is 50.8 Å². The Hall–Kier alpha value is -2.06. The smallest absolute Gasteiger partial charge is 0.261 e. The van der Waals surface area contributed by atoms with E-state index in [0.29, 0.717) is 17.2 Å². The van der Waals surface area contributed by atoms with Gasteiger partial charge in [0.25, 0.3) is 5.91 Å². The molecule has 112 valence electrons. The van der Waals surface area contributed by atoms with Crippen LogP contribution < -0.4 is 10.1 Å². The van der Waals surface area contributed by atoms with E-state index in [1.165, 1.54) is 0 Å². The van der Waals surface area contributed by atoms with Crippen molar-refractivity contribution >= 4 is 5.91 Å². The zero-order valence-electron chi connectivity index (χ0n) is 12.3. The Labute approximate surface area is 124 Å². The largest absolute Gasteiger partial charge is 0.481 e. The summed E-state index contributed by atoms with van der Waals surface area (Å²) in [7, 11) is 0. The Morgan fingerprint density at radius 3 is 2.90 bits per heavy atom. The molecule has 2 N–H and O–H groups in total. The molecule has 0 saturated heterocycles. The lowest BCUT2D eigenvalue weighted by Gasteiger charge is -2.30. The Balaban J connectivity index is 1.97. The molecule has 0 radical (unpaired) electrons. The van der Waals surface area contributed by atoms with Gasteiger partial charge in [0, 0.05) is 0 Å². The lowest BCUT2D eigenvalue weighted by Crippen LogP contribution is -2.54. The van der Waals surface area contributed by atoms with Gasteiger partial charge in [0.1, 0.15) is 5.75 Å². The maximum absolute atomic E-state index is 12.2. The number of nitrogens with one attached hydrogen (secondary N) is 1. The molecule has 1 amide bonds. The third-order valence-electron chi connectivity index (χ3n) is 3.86. The first kappa shape index (κ1) is 15.3. The van der Waals surface area contributed by atoms with Gasteiger partial charge >= 0.3 is 0 Å². The fraction of sp³-hybridized carbons (Fsp3) is 0.500. The third-order valence-corrected chi connectivity index (χ3v) is 3.86. The van der Waals surface area contributed by atoms with Crippen LogP contribution in [0.1, 0.15) is 32.3 Å². The highest BCUT2D eigenvalue weighted by Crippen LogP contribution is 2.39. The zero-order chi connectivity index (χ0) is 15.5.